The van der Waals surface area contributed by atoms with Crippen molar-refractivity contribution in [3.8, 4) is 0 Å². The number of halogens is 1. The van der Waals surface area contributed by atoms with E-state index in [0.29, 0.717) is 10.6 Å². The molecule has 0 radical (unpaired) electrons. The standard InChI is InChI=1S/C12H10ClNO4S2/c1-7-2-3-8(13)6-10(7)20(17,18)14-11-5-4-9(19-11)12(15)16/h2-6,14H,1H3,(H,15,16). The minimum absolute atomic E-state index is 0.0607. The number of aromatic carboxylic acids is 1. The molecule has 0 aliphatic carbocycles. The molecule has 0 saturated carbocycles. The van der Waals surface area contributed by atoms with Gasteiger partial charge in [0.05, 0.1) is 4.90 Å². The van der Waals surface area contributed by atoms with Gasteiger partial charge in [0.25, 0.3) is 10.0 Å². The van der Waals surface area contributed by atoms with Gasteiger partial charge in [-0.25, -0.2) is 13.2 Å². The fourth-order valence-electron chi connectivity index (χ4n) is 1.56. The summed E-state index contributed by atoms with van der Waals surface area (Å²) in [6.07, 6.45) is 0. The molecule has 0 unspecified atom stereocenters. The van der Waals surface area contributed by atoms with Gasteiger partial charge in [-0.15, -0.1) is 11.3 Å². The van der Waals surface area contributed by atoms with E-state index >= 15 is 0 Å². The first-order valence-electron chi connectivity index (χ1n) is 5.42. The van der Waals surface area contributed by atoms with Crippen molar-refractivity contribution in [3.05, 3.63) is 45.8 Å². The molecule has 0 bridgehead atoms. The lowest BCUT2D eigenvalue weighted by Gasteiger charge is -2.09. The molecular formula is C12H10ClNO4S2. The molecule has 1 heterocycles. The summed E-state index contributed by atoms with van der Waals surface area (Å²) >= 11 is 6.65. The maximum absolute atomic E-state index is 12.2. The van der Waals surface area contributed by atoms with E-state index in [1.165, 1.54) is 18.2 Å². The molecule has 0 aliphatic rings. The summed E-state index contributed by atoms with van der Waals surface area (Å²) in [5.74, 6) is -1.10. The van der Waals surface area contributed by atoms with E-state index in [9.17, 15) is 13.2 Å². The van der Waals surface area contributed by atoms with Gasteiger partial charge in [0.1, 0.15) is 9.88 Å². The Morgan fingerprint density at radius 1 is 1.30 bits per heavy atom. The highest BCUT2D eigenvalue weighted by Crippen LogP contribution is 2.27. The Labute approximate surface area is 124 Å². The van der Waals surface area contributed by atoms with E-state index in [1.54, 1.807) is 19.1 Å². The summed E-state index contributed by atoms with van der Waals surface area (Å²) in [5.41, 5.74) is 0.553. The Morgan fingerprint density at radius 3 is 2.60 bits per heavy atom. The predicted octanol–water partition coefficient (Wildman–Crippen LogP) is 3.21. The largest absolute Gasteiger partial charge is 0.477 e. The Bertz CT molecular complexity index is 768. The summed E-state index contributed by atoms with van der Waals surface area (Å²) in [4.78, 5) is 10.9. The van der Waals surface area contributed by atoms with Crippen molar-refractivity contribution in [3.63, 3.8) is 0 Å². The average Bonchev–Trinajstić information content (AvgIpc) is 2.80. The van der Waals surface area contributed by atoms with Crippen LogP contribution in [-0.2, 0) is 10.0 Å². The van der Waals surface area contributed by atoms with Crippen molar-refractivity contribution >= 4 is 43.9 Å². The van der Waals surface area contributed by atoms with Gasteiger partial charge >= 0.3 is 5.97 Å². The van der Waals surface area contributed by atoms with E-state index in [0.717, 1.165) is 11.3 Å². The summed E-state index contributed by atoms with van der Waals surface area (Å²) in [5, 5.41) is 9.36. The quantitative estimate of drug-likeness (QED) is 0.901. The lowest BCUT2D eigenvalue weighted by molar-refractivity contribution is 0.0702. The van der Waals surface area contributed by atoms with Crippen molar-refractivity contribution in [2.75, 3.05) is 4.72 Å². The number of thiophene rings is 1. The van der Waals surface area contributed by atoms with E-state index in [4.69, 9.17) is 16.7 Å². The van der Waals surface area contributed by atoms with Crippen LogP contribution in [0.25, 0.3) is 0 Å². The minimum atomic E-state index is -3.80. The topological polar surface area (TPSA) is 83.5 Å². The van der Waals surface area contributed by atoms with Gasteiger partial charge in [0.15, 0.2) is 0 Å². The van der Waals surface area contributed by atoms with Crippen LogP contribution in [0.15, 0.2) is 35.2 Å². The number of carboxylic acid groups (broad SMARTS) is 1. The van der Waals surface area contributed by atoms with Crippen LogP contribution < -0.4 is 4.72 Å². The third kappa shape index (κ3) is 3.12. The number of nitrogens with one attached hydrogen (secondary N) is 1. The van der Waals surface area contributed by atoms with Crippen molar-refractivity contribution < 1.29 is 18.3 Å². The van der Waals surface area contributed by atoms with Crippen LogP contribution in [0.5, 0.6) is 0 Å². The highest BCUT2D eigenvalue weighted by atomic mass is 35.5. The van der Waals surface area contributed by atoms with Crippen LogP contribution in [0, 0.1) is 6.92 Å². The van der Waals surface area contributed by atoms with Gasteiger partial charge in [-0.2, -0.15) is 0 Å². The second kappa shape index (κ2) is 5.43. The molecule has 8 heteroatoms. The molecule has 5 nitrogen and oxygen atoms in total. The van der Waals surface area contributed by atoms with E-state index < -0.39 is 16.0 Å². The Hall–Kier alpha value is -1.57. The van der Waals surface area contributed by atoms with Crippen molar-refractivity contribution in [2.24, 2.45) is 0 Å². The third-order valence-corrected chi connectivity index (χ3v) is 5.35. The number of benzene rings is 1. The van der Waals surface area contributed by atoms with Crippen LogP contribution >= 0.6 is 22.9 Å². The smallest absolute Gasteiger partial charge is 0.345 e. The molecule has 0 saturated heterocycles. The molecule has 2 N–H and O–H groups in total. The van der Waals surface area contributed by atoms with Gasteiger partial charge in [-0.3, -0.25) is 4.72 Å². The molecule has 1 aromatic heterocycles. The van der Waals surface area contributed by atoms with Crippen LogP contribution in [0.3, 0.4) is 0 Å². The second-order valence-electron chi connectivity index (χ2n) is 3.98. The molecule has 0 amide bonds. The molecule has 0 fully saturated rings. The Kier molecular flexibility index (Phi) is 4.03. The number of hydrogen-bond acceptors (Lipinski definition) is 4. The third-order valence-electron chi connectivity index (χ3n) is 2.49. The SMILES string of the molecule is Cc1ccc(Cl)cc1S(=O)(=O)Nc1ccc(C(=O)O)s1. The molecule has 0 atom stereocenters. The summed E-state index contributed by atoms with van der Waals surface area (Å²) in [6.45, 7) is 1.65. The molecule has 106 valence electrons. The monoisotopic (exact) mass is 331 g/mol. The van der Waals surface area contributed by atoms with Crippen molar-refractivity contribution in [2.45, 2.75) is 11.8 Å². The zero-order valence-electron chi connectivity index (χ0n) is 10.3. The lowest BCUT2D eigenvalue weighted by Crippen LogP contribution is -2.13. The number of sulfonamides is 1. The molecule has 1 aromatic carbocycles. The van der Waals surface area contributed by atoms with Gasteiger partial charge in [0, 0.05) is 5.02 Å². The molecule has 2 aromatic rings. The zero-order valence-corrected chi connectivity index (χ0v) is 12.6. The maximum atomic E-state index is 12.2. The van der Waals surface area contributed by atoms with Gasteiger partial charge in [-0.05, 0) is 36.8 Å². The maximum Gasteiger partial charge on any atom is 0.345 e. The number of carboxylic acids is 1. The van der Waals surface area contributed by atoms with Gasteiger partial charge in [-0.1, -0.05) is 17.7 Å². The van der Waals surface area contributed by atoms with Crippen LogP contribution in [0.1, 0.15) is 15.2 Å². The van der Waals surface area contributed by atoms with Gasteiger partial charge < -0.3 is 5.11 Å². The second-order valence-corrected chi connectivity index (χ2v) is 7.16. The van der Waals surface area contributed by atoms with E-state index in [-0.39, 0.29) is 14.8 Å². The van der Waals surface area contributed by atoms with Crippen LogP contribution in [0.4, 0.5) is 5.00 Å². The molecular weight excluding hydrogens is 322 g/mol. The number of hydrogen-bond donors (Lipinski definition) is 2. The van der Waals surface area contributed by atoms with Crippen LogP contribution in [-0.4, -0.2) is 19.5 Å². The summed E-state index contributed by atoms with van der Waals surface area (Å²) < 4.78 is 26.8. The fourth-order valence-corrected chi connectivity index (χ4v) is 4.10. The lowest BCUT2D eigenvalue weighted by atomic mass is 10.2. The first-order chi connectivity index (χ1) is 9.29. The highest BCUT2D eigenvalue weighted by molar-refractivity contribution is 7.93. The highest BCUT2D eigenvalue weighted by Gasteiger charge is 2.19. The van der Waals surface area contributed by atoms with Crippen LogP contribution in [0.2, 0.25) is 5.02 Å². The van der Waals surface area contributed by atoms with Gasteiger partial charge in [0.2, 0.25) is 0 Å². The molecule has 20 heavy (non-hydrogen) atoms. The summed E-state index contributed by atoms with van der Waals surface area (Å²) in [7, 11) is -3.80. The predicted molar refractivity (Wildman–Crippen MR) is 78.3 cm³/mol. The minimum Gasteiger partial charge on any atom is -0.477 e. The number of aryl methyl sites for hydroxylation is 1. The zero-order chi connectivity index (χ0) is 14.9. The fraction of sp³-hybridized carbons (Fsp3) is 0.0833. The number of rotatable bonds is 4. The molecule has 2 rings (SSSR count). The number of carbonyl (C=O) groups is 1. The normalized spacial score (nSPS) is 11.3. The Balaban J connectivity index is 2.35. The van der Waals surface area contributed by atoms with Crippen molar-refractivity contribution in [1.29, 1.82) is 0 Å². The summed E-state index contributed by atoms with van der Waals surface area (Å²) in [6, 6.07) is 7.31. The molecule has 0 spiro atoms. The molecule has 0 aliphatic heterocycles. The van der Waals surface area contributed by atoms with E-state index in [1.807, 2.05) is 0 Å². The average molecular weight is 332 g/mol. The number of anilines is 1. The Morgan fingerprint density at radius 2 is 2.00 bits per heavy atom. The first kappa shape index (κ1) is 14.8. The van der Waals surface area contributed by atoms with Crippen molar-refractivity contribution in [1.82, 2.24) is 0 Å². The van der Waals surface area contributed by atoms with E-state index in [2.05, 4.69) is 4.72 Å². The first-order valence-corrected chi connectivity index (χ1v) is 8.09.